The van der Waals surface area contributed by atoms with Crippen molar-refractivity contribution in [2.75, 3.05) is 18.1 Å². The van der Waals surface area contributed by atoms with Crippen molar-refractivity contribution >= 4 is 11.6 Å². The van der Waals surface area contributed by atoms with Gasteiger partial charge in [0.25, 0.3) is 0 Å². The van der Waals surface area contributed by atoms with Crippen LogP contribution in [0, 0.1) is 0 Å². The average molecular weight is 220 g/mol. The van der Waals surface area contributed by atoms with E-state index in [0.29, 0.717) is 6.54 Å². The van der Waals surface area contributed by atoms with E-state index in [-0.39, 0.29) is 18.6 Å². The van der Waals surface area contributed by atoms with E-state index in [2.05, 4.69) is 5.32 Å². The Morgan fingerprint density at radius 3 is 2.75 bits per heavy atom. The number of rotatable bonds is 2. The van der Waals surface area contributed by atoms with E-state index in [1.807, 2.05) is 42.2 Å². The summed E-state index contributed by atoms with van der Waals surface area (Å²) in [4.78, 5) is 13.6. The number of nitrogens with one attached hydrogen (secondary N) is 1. The molecule has 1 aromatic carbocycles. The van der Waals surface area contributed by atoms with E-state index in [1.165, 1.54) is 0 Å². The molecule has 4 nitrogen and oxygen atoms in total. The number of nitrogens with zero attached hydrogens (tertiary/aromatic N) is 1. The first-order valence-corrected chi connectivity index (χ1v) is 5.46. The maximum atomic E-state index is 11.6. The van der Waals surface area contributed by atoms with Gasteiger partial charge in [-0.15, -0.1) is 0 Å². The van der Waals surface area contributed by atoms with Crippen LogP contribution in [-0.2, 0) is 4.79 Å². The summed E-state index contributed by atoms with van der Waals surface area (Å²) in [5.41, 5.74) is 0.976. The van der Waals surface area contributed by atoms with Crippen molar-refractivity contribution in [1.29, 1.82) is 0 Å². The fourth-order valence-corrected chi connectivity index (χ4v) is 2.10. The van der Waals surface area contributed by atoms with Gasteiger partial charge in [0.15, 0.2) is 0 Å². The molecule has 1 amide bonds. The summed E-state index contributed by atoms with van der Waals surface area (Å²) in [6.45, 7) is 2.49. The topological polar surface area (TPSA) is 52.6 Å². The van der Waals surface area contributed by atoms with Crippen LogP contribution in [0.5, 0.6) is 0 Å². The highest BCUT2D eigenvalue weighted by Gasteiger charge is 2.33. The van der Waals surface area contributed by atoms with Crippen LogP contribution in [0.4, 0.5) is 5.69 Å². The molecule has 2 unspecified atom stereocenters. The van der Waals surface area contributed by atoms with Crippen molar-refractivity contribution in [3.05, 3.63) is 30.3 Å². The zero-order valence-electron chi connectivity index (χ0n) is 9.26. The number of amides is 1. The highest BCUT2D eigenvalue weighted by atomic mass is 16.3. The van der Waals surface area contributed by atoms with Crippen LogP contribution in [0.1, 0.15) is 6.92 Å². The summed E-state index contributed by atoms with van der Waals surface area (Å²) in [5, 5.41) is 12.1. The second kappa shape index (κ2) is 4.53. The van der Waals surface area contributed by atoms with Crippen molar-refractivity contribution in [2.24, 2.45) is 0 Å². The van der Waals surface area contributed by atoms with Crippen molar-refractivity contribution < 1.29 is 9.90 Å². The molecule has 2 N–H and O–H groups in total. The number of carbonyl (C=O) groups excluding carboxylic acids is 1. The molecule has 1 fully saturated rings. The van der Waals surface area contributed by atoms with Crippen LogP contribution < -0.4 is 10.2 Å². The third-order valence-electron chi connectivity index (χ3n) is 2.91. The maximum Gasteiger partial charge on any atom is 0.245 e. The van der Waals surface area contributed by atoms with Crippen LogP contribution in [0.2, 0.25) is 0 Å². The van der Waals surface area contributed by atoms with Gasteiger partial charge in [0.2, 0.25) is 5.91 Å². The van der Waals surface area contributed by atoms with Crippen molar-refractivity contribution in [1.82, 2.24) is 5.32 Å². The van der Waals surface area contributed by atoms with Crippen LogP contribution in [0.15, 0.2) is 30.3 Å². The van der Waals surface area contributed by atoms with Crippen molar-refractivity contribution in [2.45, 2.75) is 19.0 Å². The lowest BCUT2D eigenvalue weighted by atomic mass is 10.1. The van der Waals surface area contributed by atoms with E-state index in [1.54, 1.807) is 0 Å². The van der Waals surface area contributed by atoms with E-state index in [9.17, 15) is 9.90 Å². The first-order chi connectivity index (χ1) is 7.74. The average Bonchev–Trinajstić information content (AvgIpc) is 2.33. The minimum absolute atomic E-state index is 0.107. The summed E-state index contributed by atoms with van der Waals surface area (Å²) < 4.78 is 0. The molecule has 0 saturated carbocycles. The number of carbonyl (C=O) groups is 1. The third kappa shape index (κ3) is 1.88. The molecule has 2 atom stereocenters. The molecule has 2 rings (SSSR count). The molecule has 0 aromatic heterocycles. The highest BCUT2D eigenvalue weighted by molar-refractivity contribution is 5.87. The maximum absolute atomic E-state index is 11.6. The number of benzene rings is 1. The zero-order valence-corrected chi connectivity index (χ0v) is 9.26. The van der Waals surface area contributed by atoms with Crippen LogP contribution in [0.25, 0.3) is 0 Å². The summed E-state index contributed by atoms with van der Waals surface area (Å²) in [7, 11) is 0. The lowest BCUT2D eigenvalue weighted by Crippen LogP contribution is -2.61. The van der Waals surface area contributed by atoms with E-state index in [4.69, 9.17) is 0 Å². The van der Waals surface area contributed by atoms with Crippen LogP contribution in [-0.4, -0.2) is 36.2 Å². The second-order valence-electron chi connectivity index (χ2n) is 4.04. The molecule has 1 heterocycles. The summed E-state index contributed by atoms with van der Waals surface area (Å²) in [6, 6.07) is 9.43. The van der Waals surface area contributed by atoms with Gasteiger partial charge in [0.1, 0.15) is 6.04 Å². The molecule has 0 aliphatic carbocycles. The van der Waals surface area contributed by atoms with Gasteiger partial charge in [-0.05, 0) is 19.1 Å². The van der Waals surface area contributed by atoms with Crippen molar-refractivity contribution in [3.63, 3.8) is 0 Å². The Hall–Kier alpha value is -1.55. The molecule has 0 radical (unpaired) electrons. The fraction of sp³-hybridized carbons (Fsp3) is 0.417. The van der Waals surface area contributed by atoms with Gasteiger partial charge in [-0.3, -0.25) is 4.79 Å². The highest BCUT2D eigenvalue weighted by Crippen LogP contribution is 2.21. The zero-order chi connectivity index (χ0) is 11.5. The quantitative estimate of drug-likeness (QED) is 0.757. The Labute approximate surface area is 94.9 Å². The monoisotopic (exact) mass is 220 g/mol. The lowest BCUT2D eigenvalue weighted by Gasteiger charge is -2.40. The predicted octanol–water partition coefficient (Wildman–Crippen LogP) is 0.372. The normalized spacial score (nSPS) is 25.4. The molecule has 86 valence electrons. The molecule has 1 aromatic rings. The molecule has 16 heavy (non-hydrogen) atoms. The first kappa shape index (κ1) is 11.0. The number of hydrogen-bond acceptors (Lipinski definition) is 3. The van der Waals surface area contributed by atoms with Gasteiger partial charge in [-0.2, -0.15) is 0 Å². The molecule has 1 aliphatic heterocycles. The molecular formula is C12H16N2O2. The molecular weight excluding hydrogens is 204 g/mol. The third-order valence-corrected chi connectivity index (χ3v) is 2.91. The Morgan fingerprint density at radius 1 is 1.44 bits per heavy atom. The lowest BCUT2D eigenvalue weighted by molar-refractivity contribution is -0.124. The van der Waals surface area contributed by atoms with E-state index in [0.717, 1.165) is 5.69 Å². The first-order valence-electron chi connectivity index (χ1n) is 5.46. The number of aliphatic hydroxyl groups is 1. The Kier molecular flexibility index (Phi) is 3.10. The van der Waals surface area contributed by atoms with Crippen LogP contribution in [0.3, 0.4) is 0 Å². The van der Waals surface area contributed by atoms with Gasteiger partial charge in [0, 0.05) is 18.3 Å². The smallest absolute Gasteiger partial charge is 0.245 e. The summed E-state index contributed by atoms with van der Waals surface area (Å²) in [6.07, 6.45) is 0. The van der Waals surface area contributed by atoms with Gasteiger partial charge in [0.05, 0.1) is 6.61 Å². The summed E-state index contributed by atoms with van der Waals surface area (Å²) in [5.74, 6) is -0.107. The summed E-state index contributed by atoms with van der Waals surface area (Å²) >= 11 is 0. The number of aliphatic hydroxyl groups excluding tert-OH is 1. The molecule has 4 heteroatoms. The van der Waals surface area contributed by atoms with E-state index < -0.39 is 6.04 Å². The van der Waals surface area contributed by atoms with Gasteiger partial charge in [-0.1, -0.05) is 18.2 Å². The Balaban J connectivity index is 2.31. The Bertz CT molecular complexity index is 367. The molecule has 1 aliphatic rings. The fourth-order valence-electron chi connectivity index (χ4n) is 2.10. The minimum Gasteiger partial charge on any atom is -0.394 e. The standard InChI is InChI=1S/C12H16N2O2/c1-9-7-13-12(16)11(8-15)14(9)10-5-3-2-4-6-10/h2-6,9,11,15H,7-8H2,1H3,(H,13,16). The number of hydrogen-bond donors (Lipinski definition) is 2. The second-order valence-corrected chi connectivity index (χ2v) is 4.04. The number of anilines is 1. The van der Waals surface area contributed by atoms with Crippen molar-refractivity contribution in [3.8, 4) is 0 Å². The predicted molar refractivity (Wildman–Crippen MR) is 62.3 cm³/mol. The molecule has 0 spiro atoms. The van der Waals surface area contributed by atoms with Gasteiger partial charge >= 0.3 is 0 Å². The number of para-hydroxylation sites is 1. The number of piperazine rings is 1. The minimum atomic E-state index is -0.480. The SMILES string of the molecule is CC1CNC(=O)C(CO)N1c1ccccc1. The van der Waals surface area contributed by atoms with Crippen LogP contribution >= 0.6 is 0 Å². The largest absolute Gasteiger partial charge is 0.394 e. The molecule has 0 bridgehead atoms. The van der Waals surface area contributed by atoms with Gasteiger partial charge in [-0.25, -0.2) is 0 Å². The van der Waals surface area contributed by atoms with Gasteiger partial charge < -0.3 is 15.3 Å². The van der Waals surface area contributed by atoms with E-state index >= 15 is 0 Å². The Morgan fingerprint density at radius 2 is 2.12 bits per heavy atom. The molecule has 1 saturated heterocycles.